The summed E-state index contributed by atoms with van der Waals surface area (Å²) < 4.78 is 9.51. The van der Waals surface area contributed by atoms with Crippen molar-refractivity contribution in [2.24, 2.45) is 0 Å². The van der Waals surface area contributed by atoms with E-state index >= 15 is 0 Å². The molecule has 4 heterocycles. The van der Waals surface area contributed by atoms with Gasteiger partial charge in [-0.15, -0.1) is 0 Å². The van der Waals surface area contributed by atoms with Gasteiger partial charge in [-0.05, 0) is 19.9 Å². The van der Waals surface area contributed by atoms with Gasteiger partial charge in [-0.2, -0.15) is 5.10 Å². The second-order valence-corrected chi connectivity index (χ2v) is 6.47. The number of hydrogen-bond donors (Lipinski definition) is 0. The molecule has 0 bridgehead atoms. The van der Waals surface area contributed by atoms with Crippen LogP contribution in [0, 0.1) is 13.8 Å². The van der Waals surface area contributed by atoms with E-state index in [1.807, 2.05) is 36.4 Å². The summed E-state index contributed by atoms with van der Waals surface area (Å²) in [6, 6.07) is 2.09. The second kappa shape index (κ2) is 7.25. The number of imidazole rings is 1. The van der Waals surface area contributed by atoms with Crippen molar-refractivity contribution in [1.82, 2.24) is 29.3 Å². The lowest BCUT2D eigenvalue weighted by atomic mass is 10.3. The van der Waals surface area contributed by atoms with E-state index in [1.54, 1.807) is 0 Å². The van der Waals surface area contributed by atoms with Gasteiger partial charge in [0.05, 0.1) is 31.0 Å². The minimum atomic E-state index is 0.724. The lowest BCUT2D eigenvalue weighted by Gasteiger charge is -2.26. The third-order valence-corrected chi connectivity index (χ3v) is 4.56. The molecular weight excluding hydrogens is 330 g/mol. The van der Waals surface area contributed by atoms with Crippen molar-refractivity contribution in [3.63, 3.8) is 0 Å². The second-order valence-electron chi connectivity index (χ2n) is 6.47. The summed E-state index contributed by atoms with van der Waals surface area (Å²) in [5.41, 5.74) is 3.13. The molecule has 4 rings (SSSR count). The molecule has 0 radical (unpaired) electrons. The molecule has 1 fully saturated rings. The number of nitrogens with zero attached hydrogens (tertiary/aromatic N) is 7. The van der Waals surface area contributed by atoms with E-state index in [4.69, 9.17) is 4.74 Å². The largest absolute Gasteiger partial charge is 0.378 e. The molecule has 0 N–H and O–H groups in total. The van der Waals surface area contributed by atoms with E-state index < -0.39 is 0 Å². The summed E-state index contributed by atoms with van der Waals surface area (Å²) >= 11 is 0. The zero-order valence-corrected chi connectivity index (χ0v) is 15.2. The summed E-state index contributed by atoms with van der Waals surface area (Å²) in [4.78, 5) is 15.7. The molecule has 136 valence electrons. The predicted molar refractivity (Wildman–Crippen MR) is 98.0 cm³/mol. The van der Waals surface area contributed by atoms with Crippen LogP contribution in [0.2, 0.25) is 0 Å². The van der Waals surface area contributed by atoms with E-state index in [0.29, 0.717) is 0 Å². The molecule has 0 atom stereocenters. The molecule has 1 saturated heterocycles. The monoisotopic (exact) mass is 353 g/mol. The number of morpholine rings is 1. The Hall–Kier alpha value is -2.74. The first-order chi connectivity index (χ1) is 12.7. The number of hydrogen-bond acceptors (Lipinski definition) is 6. The van der Waals surface area contributed by atoms with Crippen LogP contribution in [-0.2, 0) is 17.8 Å². The molecule has 8 heteroatoms. The first-order valence-corrected chi connectivity index (χ1v) is 8.88. The minimum Gasteiger partial charge on any atom is -0.378 e. The van der Waals surface area contributed by atoms with E-state index in [-0.39, 0.29) is 0 Å². The van der Waals surface area contributed by atoms with Crippen molar-refractivity contribution in [2.45, 2.75) is 26.9 Å². The van der Waals surface area contributed by atoms with Gasteiger partial charge in [0.15, 0.2) is 0 Å². The normalized spacial score (nSPS) is 14.8. The Morgan fingerprint density at radius 2 is 1.81 bits per heavy atom. The van der Waals surface area contributed by atoms with Gasteiger partial charge in [-0.1, -0.05) is 0 Å². The number of aromatic nitrogens is 6. The maximum absolute atomic E-state index is 5.38. The average Bonchev–Trinajstić information content (AvgIpc) is 3.26. The van der Waals surface area contributed by atoms with Crippen LogP contribution in [0.25, 0.3) is 11.4 Å². The maximum Gasteiger partial charge on any atom is 0.225 e. The van der Waals surface area contributed by atoms with Gasteiger partial charge in [0.2, 0.25) is 5.95 Å². The molecule has 0 aliphatic carbocycles. The topological polar surface area (TPSA) is 73.9 Å². The Bertz CT molecular complexity index is 862. The fourth-order valence-corrected chi connectivity index (χ4v) is 3.22. The number of rotatable bonds is 5. The van der Waals surface area contributed by atoms with Crippen LogP contribution >= 0.6 is 0 Å². The zero-order valence-electron chi connectivity index (χ0n) is 15.2. The minimum absolute atomic E-state index is 0.724. The van der Waals surface area contributed by atoms with Crippen LogP contribution in [0.1, 0.15) is 11.4 Å². The fraction of sp³-hybridized carbons (Fsp3) is 0.444. The summed E-state index contributed by atoms with van der Waals surface area (Å²) in [5, 5.41) is 4.52. The summed E-state index contributed by atoms with van der Waals surface area (Å²) in [7, 11) is 0. The molecule has 0 amide bonds. The molecule has 0 spiro atoms. The lowest BCUT2D eigenvalue weighted by molar-refractivity contribution is 0.122. The van der Waals surface area contributed by atoms with Gasteiger partial charge in [0, 0.05) is 50.1 Å². The predicted octanol–water partition coefficient (Wildman–Crippen LogP) is 1.69. The van der Waals surface area contributed by atoms with Crippen molar-refractivity contribution in [3.05, 3.63) is 42.2 Å². The highest BCUT2D eigenvalue weighted by molar-refractivity contribution is 5.54. The van der Waals surface area contributed by atoms with Gasteiger partial charge in [-0.3, -0.25) is 4.68 Å². The number of aryl methyl sites for hydroxylation is 4. The van der Waals surface area contributed by atoms with E-state index in [0.717, 1.165) is 62.4 Å². The van der Waals surface area contributed by atoms with Crippen LogP contribution in [-0.4, -0.2) is 55.6 Å². The summed E-state index contributed by atoms with van der Waals surface area (Å²) in [6.07, 6.45) is 7.49. The van der Waals surface area contributed by atoms with Crippen molar-refractivity contribution in [2.75, 3.05) is 31.2 Å². The molecule has 8 nitrogen and oxygen atoms in total. The number of ether oxygens (including phenoxy) is 1. The zero-order chi connectivity index (χ0) is 17.9. The smallest absolute Gasteiger partial charge is 0.225 e. The van der Waals surface area contributed by atoms with Gasteiger partial charge in [0.25, 0.3) is 0 Å². The van der Waals surface area contributed by atoms with Crippen molar-refractivity contribution in [3.8, 4) is 11.4 Å². The molecule has 26 heavy (non-hydrogen) atoms. The first-order valence-electron chi connectivity index (χ1n) is 8.88. The van der Waals surface area contributed by atoms with Crippen LogP contribution in [0.15, 0.2) is 30.9 Å². The van der Waals surface area contributed by atoms with E-state index in [9.17, 15) is 0 Å². The van der Waals surface area contributed by atoms with Crippen LogP contribution in [0.5, 0.6) is 0 Å². The van der Waals surface area contributed by atoms with Gasteiger partial charge < -0.3 is 14.2 Å². The lowest BCUT2D eigenvalue weighted by Crippen LogP contribution is -2.37. The molecule has 1 aliphatic rings. The molecule has 3 aromatic rings. The van der Waals surface area contributed by atoms with Gasteiger partial charge in [-0.25, -0.2) is 15.0 Å². The molecule has 3 aromatic heterocycles. The van der Waals surface area contributed by atoms with E-state index in [1.165, 1.54) is 5.69 Å². The highest BCUT2D eigenvalue weighted by Gasteiger charge is 2.14. The SMILES string of the molecule is Cc1cc(C)n(CCn2ccnc2-c2cnc(N3CCOCC3)nc2)n1. The molecule has 0 saturated carbocycles. The molecular formula is C18H23N7O. The highest BCUT2D eigenvalue weighted by Crippen LogP contribution is 2.18. The summed E-state index contributed by atoms with van der Waals surface area (Å²) in [6.45, 7) is 8.79. The highest BCUT2D eigenvalue weighted by atomic mass is 16.5. The third kappa shape index (κ3) is 3.45. The standard InChI is InChI=1S/C18H23N7O/c1-14-11-15(2)25(22-14)6-5-23-4-3-19-17(23)16-12-20-18(21-13-16)24-7-9-26-10-8-24/h3-4,11-13H,5-10H2,1-2H3. The van der Waals surface area contributed by atoms with Crippen LogP contribution < -0.4 is 4.90 Å². The molecule has 1 aliphatic heterocycles. The van der Waals surface area contributed by atoms with Gasteiger partial charge >= 0.3 is 0 Å². The Kier molecular flexibility index (Phi) is 4.66. The van der Waals surface area contributed by atoms with Crippen LogP contribution in [0.4, 0.5) is 5.95 Å². The van der Waals surface area contributed by atoms with Crippen molar-refractivity contribution >= 4 is 5.95 Å². The van der Waals surface area contributed by atoms with E-state index in [2.05, 4.69) is 42.5 Å². The maximum atomic E-state index is 5.38. The molecule has 0 unspecified atom stereocenters. The Balaban J connectivity index is 1.48. The quantitative estimate of drug-likeness (QED) is 0.695. The Morgan fingerprint density at radius 1 is 1.04 bits per heavy atom. The van der Waals surface area contributed by atoms with Gasteiger partial charge in [0.1, 0.15) is 5.82 Å². The van der Waals surface area contributed by atoms with Crippen LogP contribution in [0.3, 0.4) is 0 Å². The Morgan fingerprint density at radius 3 is 2.50 bits per heavy atom. The van der Waals surface area contributed by atoms with Crippen molar-refractivity contribution in [1.29, 1.82) is 0 Å². The first kappa shape index (κ1) is 16.7. The Labute approximate surface area is 152 Å². The fourth-order valence-electron chi connectivity index (χ4n) is 3.22. The molecule has 0 aromatic carbocycles. The summed E-state index contributed by atoms with van der Waals surface area (Å²) in [5.74, 6) is 1.62. The van der Waals surface area contributed by atoms with Crippen molar-refractivity contribution < 1.29 is 4.74 Å². The average molecular weight is 353 g/mol. The third-order valence-electron chi connectivity index (χ3n) is 4.56. The number of anilines is 1.